The van der Waals surface area contributed by atoms with Crippen molar-refractivity contribution >= 4 is 28.7 Å². The summed E-state index contributed by atoms with van der Waals surface area (Å²) >= 11 is 0. The Labute approximate surface area is 214 Å². The van der Waals surface area contributed by atoms with Gasteiger partial charge in [0.1, 0.15) is 0 Å². The second kappa shape index (κ2) is 10.7. The quantitative estimate of drug-likeness (QED) is 0.345. The minimum absolute atomic E-state index is 0.108. The lowest BCUT2D eigenvalue weighted by atomic mass is 10.1. The Morgan fingerprint density at radius 2 is 1.24 bits per heavy atom. The smallest absolute Gasteiger partial charge is 0.368 e. The maximum atomic E-state index is 12.8. The maximum absolute atomic E-state index is 12.8. The van der Waals surface area contributed by atoms with Crippen LogP contribution in [0.1, 0.15) is 21.5 Å². The van der Waals surface area contributed by atoms with Crippen molar-refractivity contribution < 1.29 is 27.8 Å². The summed E-state index contributed by atoms with van der Waals surface area (Å²) in [5.41, 5.74) is 0.472. The van der Waals surface area contributed by atoms with Crippen molar-refractivity contribution in [2.75, 3.05) is 36.0 Å². The number of halogens is 3. The third-order valence-electron chi connectivity index (χ3n) is 6.18. The van der Waals surface area contributed by atoms with E-state index in [-0.39, 0.29) is 12.1 Å². The summed E-state index contributed by atoms with van der Waals surface area (Å²) in [7, 11) is 0. The molecule has 3 aromatic carbocycles. The molecule has 0 saturated carbocycles. The number of hydrogen-bond donors (Lipinski definition) is 1. The van der Waals surface area contributed by atoms with E-state index < -0.39 is 38.9 Å². The van der Waals surface area contributed by atoms with Crippen LogP contribution in [-0.4, -0.2) is 41.9 Å². The highest BCUT2D eigenvalue weighted by Crippen LogP contribution is 2.31. The fourth-order valence-corrected chi connectivity index (χ4v) is 4.13. The second-order valence-corrected chi connectivity index (χ2v) is 8.62. The number of nitro benzene ring substituents is 2. The number of piperazine rings is 1. The first-order valence-corrected chi connectivity index (χ1v) is 11.5. The highest BCUT2D eigenvalue weighted by Gasteiger charge is 2.30. The van der Waals surface area contributed by atoms with Gasteiger partial charge in [0.25, 0.3) is 17.3 Å². The third-order valence-corrected chi connectivity index (χ3v) is 6.18. The summed E-state index contributed by atoms with van der Waals surface area (Å²) < 4.78 is 38.4. The topological polar surface area (TPSA) is 122 Å². The number of hydrogen-bond acceptors (Lipinski definition) is 7. The third kappa shape index (κ3) is 6.17. The molecule has 3 aromatic rings. The van der Waals surface area contributed by atoms with Crippen molar-refractivity contribution in [2.45, 2.75) is 12.7 Å². The molecule has 0 aromatic heterocycles. The number of carbonyl (C=O) groups excluding carboxylic acids is 1. The summed E-state index contributed by atoms with van der Waals surface area (Å²) in [5.74, 6) is -0.680. The van der Waals surface area contributed by atoms with Crippen LogP contribution in [0.25, 0.3) is 0 Å². The lowest BCUT2D eigenvalue weighted by Crippen LogP contribution is -2.46. The van der Waals surface area contributed by atoms with Crippen LogP contribution < -0.4 is 15.1 Å². The van der Waals surface area contributed by atoms with Crippen molar-refractivity contribution in [1.29, 1.82) is 0 Å². The molecule has 1 heterocycles. The van der Waals surface area contributed by atoms with E-state index in [1.165, 1.54) is 12.1 Å². The summed E-state index contributed by atoms with van der Waals surface area (Å²) in [6, 6.07) is 15.3. The Balaban J connectivity index is 1.32. The molecule has 0 spiro atoms. The first-order chi connectivity index (χ1) is 18.0. The molecule has 10 nitrogen and oxygen atoms in total. The lowest BCUT2D eigenvalue weighted by Gasteiger charge is -2.37. The number of amides is 1. The van der Waals surface area contributed by atoms with Crippen LogP contribution in [0.4, 0.5) is 35.9 Å². The molecule has 0 bridgehead atoms. The molecule has 1 aliphatic heterocycles. The molecular formula is C25H22F3N5O5. The standard InChI is InChI=1S/C25H22F3N5O5/c26-25(27,28)19-3-7-21(8-4-19)31-11-9-30(10-12-31)20-5-1-17(2-6-20)16-29-24(34)18-13-22(32(35)36)15-23(14-18)33(37)38/h1-8,13-15H,9-12,16H2,(H,29,34). The zero-order valence-electron chi connectivity index (χ0n) is 19.9. The zero-order chi connectivity index (χ0) is 27.4. The van der Waals surface area contributed by atoms with Gasteiger partial charge in [0.15, 0.2) is 0 Å². The highest BCUT2D eigenvalue weighted by atomic mass is 19.4. The van der Waals surface area contributed by atoms with Crippen LogP contribution in [0, 0.1) is 20.2 Å². The number of nitro groups is 2. The second-order valence-electron chi connectivity index (χ2n) is 8.62. The SMILES string of the molecule is O=C(NCc1ccc(N2CCN(c3ccc(C(F)(F)F)cc3)CC2)cc1)c1cc([N+](=O)[O-])cc([N+](=O)[O-])c1. The van der Waals surface area contributed by atoms with E-state index in [9.17, 15) is 38.2 Å². The lowest BCUT2D eigenvalue weighted by molar-refractivity contribution is -0.394. The minimum Gasteiger partial charge on any atom is -0.368 e. The van der Waals surface area contributed by atoms with Gasteiger partial charge in [-0.2, -0.15) is 13.2 Å². The van der Waals surface area contributed by atoms with Gasteiger partial charge < -0.3 is 15.1 Å². The molecule has 13 heteroatoms. The monoisotopic (exact) mass is 529 g/mol. The first kappa shape index (κ1) is 26.4. The molecule has 0 aliphatic carbocycles. The van der Waals surface area contributed by atoms with E-state index in [2.05, 4.69) is 10.2 Å². The minimum atomic E-state index is -4.37. The van der Waals surface area contributed by atoms with Crippen LogP contribution in [0.15, 0.2) is 66.7 Å². The molecule has 4 rings (SSSR count). The number of benzene rings is 3. The number of anilines is 2. The average Bonchev–Trinajstić information content (AvgIpc) is 2.91. The molecule has 1 amide bonds. The van der Waals surface area contributed by atoms with Crippen molar-refractivity contribution in [3.05, 3.63) is 104 Å². The van der Waals surface area contributed by atoms with Gasteiger partial charge in [0.2, 0.25) is 0 Å². The van der Waals surface area contributed by atoms with E-state index in [0.717, 1.165) is 47.3 Å². The van der Waals surface area contributed by atoms with Crippen molar-refractivity contribution in [2.24, 2.45) is 0 Å². The van der Waals surface area contributed by atoms with E-state index in [4.69, 9.17) is 0 Å². The van der Waals surface area contributed by atoms with Gasteiger partial charge in [-0.25, -0.2) is 0 Å². The summed E-state index contributed by atoms with van der Waals surface area (Å²) in [4.78, 5) is 37.1. The molecule has 1 N–H and O–H groups in total. The Morgan fingerprint density at radius 3 is 1.66 bits per heavy atom. The Kier molecular flexibility index (Phi) is 7.46. The summed E-state index contributed by atoms with van der Waals surface area (Å²) in [5, 5.41) is 24.7. The molecular weight excluding hydrogens is 507 g/mol. The van der Waals surface area contributed by atoms with Gasteiger partial charge >= 0.3 is 6.18 Å². The van der Waals surface area contributed by atoms with Crippen LogP contribution >= 0.6 is 0 Å². The van der Waals surface area contributed by atoms with Crippen LogP contribution in [0.5, 0.6) is 0 Å². The summed E-state index contributed by atoms with van der Waals surface area (Å²) in [6.45, 7) is 2.72. The van der Waals surface area contributed by atoms with Gasteiger partial charge in [0, 0.05) is 56.2 Å². The number of non-ortho nitro benzene ring substituents is 2. The van der Waals surface area contributed by atoms with E-state index in [1.807, 2.05) is 29.2 Å². The molecule has 0 unspecified atom stereocenters. The zero-order valence-corrected chi connectivity index (χ0v) is 19.9. The Bertz CT molecular complexity index is 1310. The normalized spacial score (nSPS) is 13.8. The largest absolute Gasteiger partial charge is 0.416 e. The van der Waals surface area contributed by atoms with E-state index >= 15 is 0 Å². The highest BCUT2D eigenvalue weighted by molar-refractivity contribution is 5.95. The Hall–Kier alpha value is -4.68. The van der Waals surface area contributed by atoms with Gasteiger partial charge in [-0.05, 0) is 42.0 Å². The predicted octanol–water partition coefficient (Wildman–Crippen LogP) is 4.78. The fraction of sp³-hybridized carbons (Fsp3) is 0.240. The number of nitrogens with one attached hydrogen (secondary N) is 1. The number of carbonyl (C=O) groups is 1. The molecule has 1 fully saturated rings. The fourth-order valence-electron chi connectivity index (χ4n) is 4.13. The van der Waals surface area contributed by atoms with Gasteiger partial charge in [-0.3, -0.25) is 25.0 Å². The first-order valence-electron chi connectivity index (χ1n) is 11.5. The maximum Gasteiger partial charge on any atom is 0.416 e. The predicted molar refractivity (Wildman–Crippen MR) is 133 cm³/mol. The number of alkyl halides is 3. The molecule has 198 valence electrons. The molecule has 38 heavy (non-hydrogen) atoms. The molecule has 1 aliphatic rings. The molecule has 1 saturated heterocycles. The van der Waals surface area contributed by atoms with Gasteiger partial charge in [0.05, 0.1) is 27.0 Å². The van der Waals surface area contributed by atoms with Crippen molar-refractivity contribution in [3.8, 4) is 0 Å². The van der Waals surface area contributed by atoms with Gasteiger partial charge in [-0.1, -0.05) is 12.1 Å². The van der Waals surface area contributed by atoms with Gasteiger partial charge in [-0.15, -0.1) is 0 Å². The number of nitrogens with zero attached hydrogens (tertiary/aromatic N) is 4. The average molecular weight is 529 g/mol. The van der Waals surface area contributed by atoms with Crippen molar-refractivity contribution in [1.82, 2.24) is 5.32 Å². The summed E-state index contributed by atoms with van der Waals surface area (Å²) in [6.07, 6.45) is -4.37. The van der Waals surface area contributed by atoms with Crippen LogP contribution in [0.2, 0.25) is 0 Å². The van der Waals surface area contributed by atoms with Crippen LogP contribution in [-0.2, 0) is 12.7 Å². The van der Waals surface area contributed by atoms with E-state index in [0.29, 0.717) is 26.2 Å². The van der Waals surface area contributed by atoms with Crippen molar-refractivity contribution in [3.63, 3.8) is 0 Å². The Morgan fingerprint density at radius 1 is 0.789 bits per heavy atom. The van der Waals surface area contributed by atoms with E-state index in [1.54, 1.807) is 0 Å². The van der Waals surface area contributed by atoms with Crippen LogP contribution in [0.3, 0.4) is 0 Å². The molecule has 0 atom stereocenters. The molecule has 0 radical (unpaired) electrons. The number of rotatable bonds is 7.